The Morgan fingerprint density at radius 2 is 2.40 bits per heavy atom. The molecule has 112 valence electrons. The fourth-order valence-corrected chi connectivity index (χ4v) is 2.64. The van der Waals surface area contributed by atoms with Gasteiger partial charge < -0.3 is 14.8 Å². The maximum Gasteiger partial charge on any atom is 0.156 e. The van der Waals surface area contributed by atoms with Crippen molar-refractivity contribution >= 4 is 17.6 Å². The van der Waals surface area contributed by atoms with Crippen molar-refractivity contribution in [2.75, 3.05) is 44.2 Å². The van der Waals surface area contributed by atoms with Crippen molar-refractivity contribution in [3.05, 3.63) is 17.6 Å². The summed E-state index contributed by atoms with van der Waals surface area (Å²) in [5, 5.41) is 3.38. The molecule has 2 rings (SSSR count). The molecule has 2 heterocycles. The molecule has 1 aromatic heterocycles. The summed E-state index contributed by atoms with van der Waals surface area (Å²) in [4.78, 5) is 9.09. The molecule has 1 aliphatic heterocycles. The van der Waals surface area contributed by atoms with Gasteiger partial charge in [-0.05, 0) is 24.9 Å². The third kappa shape index (κ3) is 4.61. The highest BCUT2D eigenvalue weighted by Gasteiger charge is 2.20. The normalized spacial score (nSPS) is 18.4. The Kier molecular flexibility index (Phi) is 6.56. The van der Waals surface area contributed by atoms with E-state index in [1.165, 1.54) is 0 Å². The third-order valence-electron chi connectivity index (χ3n) is 3.25. The molecule has 1 fully saturated rings. The van der Waals surface area contributed by atoms with Crippen LogP contribution in [-0.4, -0.2) is 48.8 Å². The molecule has 0 aromatic carbocycles. The number of anilines is 1. The minimum atomic E-state index is 0.389. The molecule has 1 N–H and O–H groups in total. The Morgan fingerprint density at radius 1 is 1.50 bits per heavy atom. The van der Waals surface area contributed by atoms with E-state index < -0.39 is 0 Å². The van der Waals surface area contributed by atoms with Crippen LogP contribution in [0.4, 0.5) is 5.82 Å². The summed E-state index contributed by atoms with van der Waals surface area (Å²) in [6.07, 6.45) is 4.29. The molecule has 1 aromatic rings. The fraction of sp³-hybridized carbons (Fsp3) is 0.714. The van der Waals surface area contributed by atoms with Gasteiger partial charge in [-0.1, -0.05) is 0 Å². The molecule has 20 heavy (non-hydrogen) atoms. The lowest BCUT2D eigenvalue weighted by molar-refractivity contribution is 0.177. The first kappa shape index (κ1) is 15.5. The van der Waals surface area contributed by atoms with Gasteiger partial charge >= 0.3 is 0 Å². The standard InChI is InChI=1S/C14H23N3O2S/c1-18-10-14-16-12(11-4-6-19-9-11)8-13(17-14)15-5-3-7-20-2/h8,11H,3-7,9-10H2,1-2H3,(H,15,16,17)/t11-/m0/s1. The third-order valence-corrected chi connectivity index (χ3v) is 3.94. The van der Waals surface area contributed by atoms with Gasteiger partial charge in [-0.2, -0.15) is 11.8 Å². The first-order valence-electron chi connectivity index (χ1n) is 7.01. The molecule has 0 bridgehead atoms. The van der Waals surface area contributed by atoms with Gasteiger partial charge in [-0.15, -0.1) is 0 Å². The molecule has 1 saturated heterocycles. The maximum atomic E-state index is 5.45. The van der Waals surface area contributed by atoms with E-state index in [-0.39, 0.29) is 0 Å². The smallest absolute Gasteiger partial charge is 0.156 e. The monoisotopic (exact) mass is 297 g/mol. The number of nitrogens with zero attached hydrogens (tertiary/aromatic N) is 2. The predicted molar refractivity (Wildman–Crippen MR) is 82.4 cm³/mol. The Hall–Kier alpha value is -0.850. The van der Waals surface area contributed by atoms with E-state index in [9.17, 15) is 0 Å². The molecule has 0 aliphatic carbocycles. The summed E-state index contributed by atoms with van der Waals surface area (Å²) in [7, 11) is 1.67. The van der Waals surface area contributed by atoms with Crippen molar-refractivity contribution < 1.29 is 9.47 Å². The van der Waals surface area contributed by atoms with Crippen molar-refractivity contribution in [3.8, 4) is 0 Å². The Balaban J connectivity index is 2.04. The van der Waals surface area contributed by atoms with Crippen molar-refractivity contribution in [3.63, 3.8) is 0 Å². The Bertz CT molecular complexity index is 411. The largest absolute Gasteiger partial charge is 0.381 e. The quantitative estimate of drug-likeness (QED) is 0.743. The van der Waals surface area contributed by atoms with Crippen LogP contribution in [0.15, 0.2) is 6.07 Å². The van der Waals surface area contributed by atoms with Gasteiger partial charge in [-0.3, -0.25) is 0 Å². The van der Waals surface area contributed by atoms with Crippen LogP contribution in [0.2, 0.25) is 0 Å². The first-order chi connectivity index (χ1) is 9.83. The summed E-state index contributed by atoms with van der Waals surface area (Å²) in [5.41, 5.74) is 1.07. The number of nitrogens with one attached hydrogen (secondary N) is 1. The Labute approximate surface area is 124 Å². The SMILES string of the molecule is COCc1nc(NCCCSC)cc([C@H]2CCOC2)n1. The van der Waals surface area contributed by atoms with E-state index in [1.807, 2.05) is 11.8 Å². The molecule has 1 aliphatic rings. The molecule has 5 nitrogen and oxygen atoms in total. The molecule has 1 atom stereocenters. The lowest BCUT2D eigenvalue weighted by Crippen LogP contribution is -2.11. The van der Waals surface area contributed by atoms with E-state index in [2.05, 4.69) is 27.6 Å². The lowest BCUT2D eigenvalue weighted by atomic mass is 10.0. The van der Waals surface area contributed by atoms with Gasteiger partial charge in [0.15, 0.2) is 5.82 Å². The van der Waals surface area contributed by atoms with Gasteiger partial charge in [0, 0.05) is 32.2 Å². The molecule has 0 saturated carbocycles. The van der Waals surface area contributed by atoms with Crippen LogP contribution < -0.4 is 5.32 Å². The second kappa shape index (κ2) is 8.44. The highest BCUT2D eigenvalue weighted by molar-refractivity contribution is 7.98. The van der Waals surface area contributed by atoms with Crippen LogP contribution in [0.3, 0.4) is 0 Å². The minimum absolute atomic E-state index is 0.389. The van der Waals surface area contributed by atoms with Crippen LogP contribution in [-0.2, 0) is 16.1 Å². The van der Waals surface area contributed by atoms with Crippen molar-refractivity contribution in [2.45, 2.75) is 25.4 Å². The summed E-state index contributed by atoms with van der Waals surface area (Å²) in [6.45, 7) is 2.96. The molecule has 6 heteroatoms. The van der Waals surface area contributed by atoms with Crippen LogP contribution in [0.5, 0.6) is 0 Å². The second-order valence-electron chi connectivity index (χ2n) is 4.86. The van der Waals surface area contributed by atoms with Crippen molar-refractivity contribution in [1.82, 2.24) is 9.97 Å². The number of hydrogen-bond acceptors (Lipinski definition) is 6. The van der Waals surface area contributed by atoms with Crippen LogP contribution in [0.25, 0.3) is 0 Å². The van der Waals surface area contributed by atoms with Crippen molar-refractivity contribution in [2.24, 2.45) is 0 Å². The summed E-state index contributed by atoms with van der Waals surface area (Å²) in [5.74, 6) is 3.19. The molecule has 0 amide bonds. The van der Waals surface area contributed by atoms with Crippen LogP contribution in [0.1, 0.15) is 30.3 Å². The molecule has 0 spiro atoms. The fourth-order valence-electron chi connectivity index (χ4n) is 2.21. The van der Waals surface area contributed by atoms with E-state index in [0.29, 0.717) is 12.5 Å². The number of hydrogen-bond donors (Lipinski definition) is 1. The second-order valence-corrected chi connectivity index (χ2v) is 5.85. The zero-order chi connectivity index (χ0) is 14.2. The summed E-state index contributed by atoms with van der Waals surface area (Å²) < 4.78 is 10.6. The number of ether oxygens (including phenoxy) is 2. The van der Waals surface area contributed by atoms with E-state index in [1.54, 1.807) is 7.11 Å². The van der Waals surface area contributed by atoms with Gasteiger partial charge in [0.25, 0.3) is 0 Å². The average molecular weight is 297 g/mol. The van der Waals surface area contributed by atoms with E-state index in [4.69, 9.17) is 9.47 Å². The summed E-state index contributed by atoms with van der Waals surface area (Å²) >= 11 is 1.86. The topological polar surface area (TPSA) is 56.3 Å². The number of methoxy groups -OCH3 is 1. The van der Waals surface area contributed by atoms with Crippen LogP contribution in [0, 0.1) is 0 Å². The zero-order valence-electron chi connectivity index (χ0n) is 12.2. The van der Waals surface area contributed by atoms with Gasteiger partial charge in [-0.25, -0.2) is 9.97 Å². The number of thioether (sulfide) groups is 1. The summed E-state index contributed by atoms with van der Waals surface area (Å²) in [6, 6.07) is 2.05. The zero-order valence-corrected chi connectivity index (χ0v) is 13.0. The lowest BCUT2D eigenvalue weighted by Gasteiger charge is -2.12. The minimum Gasteiger partial charge on any atom is -0.381 e. The van der Waals surface area contributed by atoms with Gasteiger partial charge in [0.2, 0.25) is 0 Å². The van der Waals surface area contributed by atoms with E-state index in [0.717, 1.165) is 55.7 Å². The predicted octanol–water partition coefficient (Wildman–Crippen LogP) is 2.29. The molecule has 0 unspecified atom stereocenters. The molecular weight excluding hydrogens is 274 g/mol. The van der Waals surface area contributed by atoms with Gasteiger partial charge in [0.05, 0.1) is 12.3 Å². The first-order valence-corrected chi connectivity index (χ1v) is 8.40. The van der Waals surface area contributed by atoms with E-state index >= 15 is 0 Å². The van der Waals surface area contributed by atoms with Crippen LogP contribution >= 0.6 is 11.8 Å². The number of aromatic nitrogens is 2. The highest BCUT2D eigenvalue weighted by atomic mass is 32.2. The average Bonchev–Trinajstić information content (AvgIpc) is 2.98. The highest BCUT2D eigenvalue weighted by Crippen LogP contribution is 2.25. The molecule has 0 radical (unpaired) electrons. The number of rotatable bonds is 8. The van der Waals surface area contributed by atoms with Crippen molar-refractivity contribution in [1.29, 1.82) is 0 Å². The molecular formula is C14H23N3O2S. The van der Waals surface area contributed by atoms with Gasteiger partial charge in [0.1, 0.15) is 12.4 Å². The Morgan fingerprint density at radius 3 is 3.10 bits per heavy atom. The maximum absolute atomic E-state index is 5.45.